The molecule has 2 amide bonds. The summed E-state index contributed by atoms with van der Waals surface area (Å²) < 4.78 is 5.50. The van der Waals surface area contributed by atoms with Crippen LogP contribution >= 0.6 is 0 Å². The van der Waals surface area contributed by atoms with Crippen molar-refractivity contribution < 1.29 is 14.0 Å². The fourth-order valence-corrected chi connectivity index (χ4v) is 2.03. The molecule has 0 aliphatic carbocycles. The average Bonchev–Trinajstić information content (AvgIpc) is 2.92. The highest BCUT2D eigenvalue weighted by atomic mass is 16.4. The highest BCUT2D eigenvalue weighted by Crippen LogP contribution is 2.25. The van der Waals surface area contributed by atoms with Gasteiger partial charge in [-0.15, -0.1) is 0 Å². The molecule has 6 nitrogen and oxygen atoms in total. The molecule has 2 aromatic rings. The molecule has 0 saturated carbocycles. The van der Waals surface area contributed by atoms with E-state index in [9.17, 15) is 9.59 Å². The van der Waals surface area contributed by atoms with E-state index in [1.807, 2.05) is 0 Å². The van der Waals surface area contributed by atoms with Crippen LogP contribution in [0.5, 0.6) is 0 Å². The third kappa shape index (κ3) is 1.62. The van der Waals surface area contributed by atoms with Gasteiger partial charge < -0.3 is 10.2 Å². The molecule has 0 unspecified atom stereocenters. The molecule has 92 valence electrons. The van der Waals surface area contributed by atoms with Crippen LogP contribution in [0.4, 0.5) is 6.01 Å². The molecule has 0 radical (unpaired) electrons. The van der Waals surface area contributed by atoms with Gasteiger partial charge in [0, 0.05) is 18.5 Å². The fourth-order valence-electron chi connectivity index (χ4n) is 2.03. The number of oxazole rings is 1. The standard InChI is InChI=1S/C12H11N3O3/c13-11(17)7-3-4-9-8(6-7)14-12(18-9)15-5-1-2-10(15)16/h3-4,6H,1-2,5H2,(H2,13,17). The maximum Gasteiger partial charge on any atom is 0.305 e. The second kappa shape index (κ2) is 3.83. The Morgan fingerprint density at radius 3 is 2.94 bits per heavy atom. The lowest BCUT2D eigenvalue weighted by atomic mass is 10.2. The lowest BCUT2D eigenvalue weighted by Gasteiger charge is -2.08. The molecule has 0 bridgehead atoms. The summed E-state index contributed by atoms with van der Waals surface area (Å²) in [5.41, 5.74) is 6.63. The van der Waals surface area contributed by atoms with Gasteiger partial charge in [0.15, 0.2) is 5.58 Å². The van der Waals surface area contributed by atoms with E-state index in [0.717, 1.165) is 6.42 Å². The zero-order valence-electron chi connectivity index (χ0n) is 9.55. The second-order valence-electron chi connectivity index (χ2n) is 4.19. The van der Waals surface area contributed by atoms with E-state index in [2.05, 4.69) is 4.98 Å². The first kappa shape index (κ1) is 10.8. The Kier molecular flexibility index (Phi) is 2.29. The van der Waals surface area contributed by atoms with Crippen molar-refractivity contribution in [2.24, 2.45) is 5.73 Å². The number of hydrogen-bond acceptors (Lipinski definition) is 4. The first-order chi connectivity index (χ1) is 8.65. The van der Waals surface area contributed by atoms with Gasteiger partial charge in [-0.2, -0.15) is 4.98 Å². The van der Waals surface area contributed by atoms with Gasteiger partial charge in [0.2, 0.25) is 11.8 Å². The number of benzene rings is 1. The smallest absolute Gasteiger partial charge is 0.305 e. The van der Waals surface area contributed by atoms with Crippen LogP contribution < -0.4 is 10.6 Å². The van der Waals surface area contributed by atoms with Gasteiger partial charge in [-0.25, -0.2) is 0 Å². The summed E-state index contributed by atoms with van der Waals surface area (Å²) in [5, 5.41) is 0. The second-order valence-corrected chi connectivity index (χ2v) is 4.19. The predicted molar refractivity (Wildman–Crippen MR) is 64.1 cm³/mol. The Morgan fingerprint density at radius 1 is 1.44 bits per heavy atom. The molecule has 2 N–H and O–H groups in total. The van der Waals surface area contributed by atoms with Crippen LogP contribution in [-0.2, 0) is 4.79 Å². The minimum Gasteiger partial charge on any atom is -0.423 e. The van der Waals surface area contributed by atoms with Crippen LogP contribution in [0.2, 0.25) is 0 Å². The van der Waals surface area contributed by atoms with E-state index >= 15 is 0 Å². The maximum absolute atomic E-state index is 11.6. The normalized spacial score (nSPS) is 15.6. The van der Waals surface area contributed by atoms with Crippen molar-refractivity contribution in [1.82, 2.24) is 4.98 Å². The van der Waals surface area contributed by atoms with Crippen molar-refractivity contribution in [3.05, 3.63) is 23.8 Å². The molecule has 0 spiro atoms. The fraction of sp³-hybridized carbons (Fsp3) is 0.250. The van der Waals surface area contributed by atoms with E-state index in [4.69, 9.17) is 10.2 Å². The molecule has 1 aromatic carbocycles. The number of hydrogen-bond donors (Lipinski definition) is 1. The van der Waals surface area contributed by atoms with E-state index in [1.165, 1.54) is 4.90 Å². The number of carbonyl (C=O) groups is 2. The third-order valence-electron chi connectivity index (χ3n) is 2.97. The van der Waals surface area contributed by atoms with Crippen molar-refractivity contribution in [3.63, 3.8) is 0 Å². The topological polar surface area (TPSA) is 89.4 Å². The number of aromatic nitrogens is 1. The number of anilines is 1. The Hall–Kier alpha value is -2.37. The van der Waals surface area contributed by atoms with Crippen LogP contribution in [0, 0.1) is 0 Å². The zero-order valence-corrected chi connectivity index (χ0v) is 9.55. The van der Waals surface area contributed by atoms with Gasteiger partial charge in [-0.05, 0) is 24.6 Å². The summed E-state index contributed by atoms with van der Waals surface area (Å²) in [5.74, 6) is -0.504. The Labute approximate surface area is 102 Å². The number of amides is 2. The van der Waals surface area contributed by atoms with Gasteiger partial charge in [-0.3, -0.25) is 14.5 Å². The van der Waals surface area contributed by atoms with Crippen LogP contribution in [0.3, 0.4) is 0 Å². The van der Waals surface area contributed by atoms with Crippen LogP contribution in [0.25, 0.3) is 11.1 Å². The van der Waals surface area contributed by atoms with Gasteiger partial charge in [0.05, 0.1) is 0 Å². The summed E-state index contributed by atoms with van der Waals surface area (Å²) in [4.78, 5) is 28.4. The number of rotatable bonds is 2. The molecule has 3 rings (SSSR count). The molecular weight excluding hydrogens is 234 g/mol. The number of fused-ring (bicyclic) bond motifs is 1. The SMILES string of the molecule is NC(=O)c1ccc2oc(N3CCCC3=O)nc2c1. The molecule has 1 aromatic heterocycles. The van der Waals surface area contributed by atoms with Crippen LogP contribution in [0.1, 0.15) is 23.2 Å². The summed E-state index contributed by atoms with van der Waals surface area (Å²) in [7, 11) is 0. The maximum atomic E-state index is 11.6. The van der Waals surface area contributed by atoms with E-state index in [-0.39, 0.29) is 11.9 Å². The van der Waals surface area contributed by atoms with Crippen molar-refractivity contribution in [1.29, 1.82) is 0 Å². The Morgan fingerprint density at radius 2 is 2.28 bits per heavy atom. The molecule has 2 heterocycles. The first-order valence-corrected chi connectivity index (χ1v) is 5.66. The van der Waals surface area contributed by atoms with Gasteiger partial charge in [0.25, 0.3) is 0 Å². The summed E-state index contributed by atoms with van der Waals surface area (Å²) in [6.45, 7) is 0.619. The van der Waals surface area contributed by atoms with Crippen molar-refractivity contribution in [2.75, 3.05) is 11.4 Å². The lowest BCUT2D eigenvalue weighted by molar-refractivity contribution is -0.117. The summed E-state index contributed by atoms with van der Waals surface area (Å²) in [6.07, 6.45) is 1.33. The van der Waals surface area contributed by atoms with Crippen LogP contribution in [-0.4, -0.2) is 23.3 Å². The largest absolute Gasteiger partial charge is 0.423 e. The van der Waals surface area contributed by atoms with E-state index in [0.29, 0.717) is 29.6 Å². The van der Waals surface area contributed by atoms with Gasteiger partial charge >= 0.3 is 6.01 Å². The minimum atomic E-state index is -0.515. The van der Waals surface area contributed by atoms with Crippen LogP contribution in [0.15, 0.2) is 22.6 Å². The van der Waals surface area contributed by atoms with Gasteiger partial charge in [-0.1, -0.05) is 0 Å². The number of primary amides is 1. The highest BCUT2D eigenvalue weighted by Gasteiger charge is 2.26. The van der Waals surface area contributed by atoms with Crippen molar-refractivity contribution in [2.45, 2.75) is 12.8 Å². The average molecular weight is 245 g/mol. The lowest BCUT2D eigenvalue weighted by Crippen LogP contribution is -2.23. The van der Waals surface area contributed by atoms with Crippen molar-refractivity contribution in [3.8, 4) is 0 Å². The molecule has 0 atom stereocenters. The van der Waals surface area contributed by atoms with Gasteiger partial charge in [0.1, 0.15) is 5.52 Å². The monoisotopic (exact) mass is 245 g/mol. The number of nitrogens with two attached hydrogens (primary N) is 1. The molecule has 1 aliphatic rings. The molecule has 1 fully saturated rings. The number of carbonyl (C=O) groups excluding carboxylic acids is 2. The third-order valence-corrected chi connectivity index (χ3v) is 2.97. The number of nitrogens with zero attached hydrogens (tertiary/aromatic N) is 2. The van der Waals surface area contributed by atoms with E-state index in [1.54, 1.807) is 18.2 Å². The molecule has 18 heavy (non-hydrogen) atoms. The molecular formula is C12H11N3O3. The first-order valence-electron chi connectivity index (χ1n) is 5.66. The van der Waals surface area contributed by atoms with E-state index < -0.39 is 5.91 Å². The summed E-state index contributed by atoms with van der Waals surface area (Å²) in [6, 6.07) is 5.05. The molecule has 1 aliphatic heterocycles. The predicted octanol–water partition coefficient (Wildman–Crippen LogP) is 1.05. The minimum absolute atomic E-state index is 0.0108. The van der Waals surface area contributed by atoms with Crippen molar-refractivity contribution >= 4 is 28.9 Å². The molecule has 6 heteroatoms. The zero-order chi connectivity index (χ0) is 12.7. The highest BCUT2D eigenvalue weighted by molar-refractivity contribution is 5.97. The quantitative estimate of drug-likeness (QED) is 0.856. The Balaban J connectivity index is 2.05. The molecule has 1 saturated heterocycles. The Bertz CT molecular complexity index is 647. The summed E-state index contributed by atoms with van der Waals surface area (Å²) >= 11 is 0.